The number of rotatable bonds is 8. The van der Waals surface area contributed by atoms with E-state index in [0.29, 0.717) is 4.71 Å². The van der Waals surface area contributed by atoms with E-state index in [1.165, 1.54) is 35.6 Å². The standard InChI is InChI=1S/C24H27As.BrH/c1-2-3-13-20-25(23-18-11-6-12-19-23)24(21-14-7-4-8-15-21)22-16-9-5-10-17-22;/h4-12,14-19,24H,2-3,13,20H2,1H3;1H. The van der Waals surface area contributed by atoms with Crippen molar-refractivity contribution >= 4 is 36.0 Å². The van der Waals surface area contributed by atoms with Crippen LogP contribution < -0.4 is 4.35 Å². The van der Waals surface area contributed by atoms with Crippen LogP contribution in [0, 0.1) is 0 Å². The Morgan fingerprint density at radius 3 is 1.58 bits per heavy atom. The van der Waals surface area contributed by atoms with Crippen molar-refractivity contribution in [2.24, 2.45) is 0 Å². The summed E-state index contributed by atoms with van der Waals surface area (Å²) in [7, 11) is 0. The minimum absolute atomic E-state index is 0. The van der Waals surface area contributed by atoms with Gasteiger partial charge in [-0.3, -0.25) is 0 Å². The molecule has 0 fully saturated rings. The first kappa shape index (κ1) is 21.0. The Morgan fingerprint density at radius 2 is 1.12 bits per heavy atom. The van der Waals surface area contributed by atoms with Crippen molar-refractivity contribution in [2.75, 3.05) is 0 Å². The van der Waals surface area contributed by atoms with Crippen LogP contribution in [0.25, 0.3) is 0 Å². The van der Waals surface area contributed by atoms with Gasteiger partial charge in [-0.25, -0.2) is 0 Å². The van der Waals surface area contributed by atoms with Gasteiger partial charge in [-0.1, -0.05) is 0 Å². The summed E-state index contributed by atoms with van der Waals surface area (Å²) in [5, 5.41) is 1.37. The molecule has 0 N–H and O–H groups in total. The number of benzene rings is 3. The zero-order valence-corrected chi connectivity index (χ0v) is 19.0. The molecular weight excluding hydrogens is 443 g/mol. The molecule has 0 bridgehead atoms. The molecule has 3 rings (SSSR count). The summed E-state index contributed by atoms with van der Waals surface area (Å²) in [6.07, 6.45) is 3.98. The Hall–Kier alpha value is -1.30. The van der Waals surface area contributed by atoms with Crippen molar-refractivity contribution in [1.82, 2.24) is 0 Å². The van der Waals surface area contributed by atoms with Gasteiger partial charge in [0.1, 0.15) is 0 Å². The van der Waals surface area contributed by atoms with Crippen LogP contribution >= 0.6 is 17.0 Å². The summed E-state index contributed by atoms with van der Waals surface area (Å²) in [6, 6.07) is 33.6. The summed E-state index contributed by atoms with van der Waals surface area (Å²) in [6.45, 7) is 2.30. The van der Waals surface area contributed by atoms with Crippen LogP contribution in [0.5, 0.6) is 0 Å². The SMILES string of the molecule is Br.CCCCC[As](c1ccccc1)C(c1ccccc1)c1ccccc1. The second-order valence-corrected chi connectivity index (χ2v) is 11.5. The molecule has 1 atom stereocenters. The maximum atomic E-state index is 2.37. The zero-order valence-electron chi connectivity index (χ0n) is 15.4. The first-order valence-electron chi connectivity index (χ1n) is 9.31. The van der Waals surface area contributed by atoms with E-state index in [-0.39, 0.29) is 17.0 Å². The molecule has 0 aromatic heterocycles. The van der Waals surface area contributed by atoms with E-state index in [1.807, 2.05) is 0 Å². The van der Waals surface area contributed by atoms with Crippen molar-refractivity contribution in [2.45, 2.75) is 36.1 Å². The van der Waals surface area contributed by atoms with Gasteiger partial charge in [-0.2, -0.15) is 0 Å². The molecule has 0 aliphatic carbocycles. The van der Waals surface area contributed by atoms with Gasteiger partial charge < -0.3 is 0 Å². The van der Waals surface area contributed by atoms with E-state index in [2.05, 4.69) is 97.9 Å². The molecule has 0 spiro atoms. The van der Waals surface area contributed by atoms with Crippen LogP contribution in [-0.4, -0.2) is 14.7 Å². The first-order chi connectivity index (χ1) is 12.4. The number of hydrogen-bond donors (Lipinski definition) is 0. The van der Waals surface area contributed by atoms with E-state index >= 15 is 0 Å². The van der Waals surface area contributed by atoms with Gasteiger partial charge >= 0.3 is 157 Å². The molecular formula is C24H28AsBr. The number of hydrogen-bond acceptors (Lipinski definition) is 0. The second kappa shape index (κ2) is 11.4. The van der Waals surface area contributed by atoms with Crippen molar-refractivity contribution in [3.8, 4) is 0 Å². The van der Waals surface area contributed by atoms with Gasteiger partial charge in [-0.05, 0) is 0 Å². The Bertz CT molecular complexity index is 688. The van der Waals surface area contributed by atoms with Crippen LogP contribution in [0.1, 0.15) is 42.0 Å². The molecule has 26 heavy (non-hydrogen) atoms. The Morgan fingerprint density at radius 1 is 0.654 bits per heavy atom. The molecule has 0 saturated carbocycles. The van der Waals surface area contributed by atoms with Crippen LogP contribution in [0.3, 0.4) is 0 Å². The average molecular weight is 471 g/mol. The predicted molar refractivity (Wildman–Crippen MR) is 121 cm³/mol. The molecule has 3 aromatic rings. The summed E-state index contributed by atoms with van der Waals surface area (Å²) in [4.78, 5) is 0. The third-order valence-electron chi connectivity index (χ3n) is 4.63. The molecule has 136 valence electrons. The Balaban J connectivity index is 0.00000243. The van der Waals surface area contributed by atoms with Crippen molar-refractivity contribution in [3.05, 3.63) is 102 Å². The summed E-state index contributed by atoms with van der Waals surface area (Å²) >= 11 is -1.28. The van der Waals surface area contributed by atoms with Crippen molar-refractivity contribution < 1.29 is 0 Å². The Kier molecular flexibility index (Phi) is 9.23. The third-order valence-corrected chi connectivity index (χ3v) is 10.9. The first-order valence-corrected chi connectivity index (χ1v) is 12.7. The average Bonchev–Trinajstić information content (AvgIpc) is 2.69. The molecule has 0 heterocycles. The fraction of sp³-hybridized carbons (Fsp3) is 0.250. The maximum absolute atomic E-state index is 2.37. The molecule has 0 aliphatic heterocycles. The summed E-state index contributed by atoms with van der Waals surface area (Å²) < 4.78 is 2.15. The van der Waals surface area contributed by atoms with Crippen LogP contribution in [-0.2, 0) is 0 Å². The zero-order chi connectivity index (χ0) is 17.3. The van der Waals surface area contributed by atoms with E-state index in [1.54, 1.807) is 4.35 Å². The van der Waals surface area contributed by atoms with Gasteiger partial charge in [0, 0.05) is 0 Å². The van der Waals surface area contributed by atoms with E-state index in [9.17, 15) is 0 Å². The molecule has 0 nitrogen and oxygen atoms in total. The fourth-order valence-electron chi connectivity index (χ4n) is 3.38. The Labute approximate surface area is 173 Å². The van der Waals surface area contributed by atoms with Crippen LogP contribution in [0.15, 0.2) is 91.0 Å². The van der Waals surface area contributed by atoms with Gasteiger partial charge in [0.25, 0.3) is 0 Å². The minimum atomic E-state index is -1.28. The quantitative estimate of drug-likeness (QED) is 0.259. The molecule has 2 heteroatoms. The van der Waals surface area contributed by atoms with Crippen molar-refractivity contribution in [3.63, 3.8) is 0 Å². The molecule has 0 radical (unpaired) electrons. The number of halogens is 1. The third kappa shape index (κ3) is 5.60. The van der Waals surface area contributed by atoms with Gasteiger partial charge in [0.15, 0.2) is 0 Å². The van der Waals surface area contributed by atoms with Gasteiger partial charge in [-0.15, -0.1) is 17.0 Å². The molecule has 0 saturated heterocycles. The van der Waals surface area contributed by atoms with E-state index in [4.69, 9.17) is 0 Å². The molecule has 0 aliphatic rings. The summed E-state index contributed by atoms with van der Waals surface area (Å²) in [5.41, 5.74) is 2.96. The molecule has 1 unspecified atom stereocenters. The topological polar surface area (TPSA) is 0 Å². The van der Waals surface area contributed by atoms with Gasteiger partial charge in [0.05, 0.1) is 0 Å². The van der Waals surface area contributed by atoms with E-state index < -0.39 is 14.7 Å². The molecule has 3 aromatic carbocycles. The summed E-state index contributed by atoms with van der Waals surface area (Å²) in [5.74, 6) is 0. The van der Waals surface area contributed by atoms with Crippen LogP contribution in [0.2, 0.25) is 5.21 Å². The second-order valence-electron chi connectivity index (χ2n) is 6.46. The predicted octanol–water partition coefficient (Wildman–Crippen LogP) is 6.53. The molecule has 0 amide bonds. The normalized spacial score (nSPS) is 11.8. The van der Waals surface area contributed by atoms with Crippen LogP contribution in [0.4, 0.5) is 0 Å². The van der Waals surface area contributed by atoms with E-state index in [0.717, 1.165) is 0 Å². The van der Waals surface area contributed by atoms with Gasteiger partial charge in [0.2, 0.25) is 0 Å². The fourth-order valence-corrected chi connectivity index (χ4v) is 9.67. The number of unbranched alkanes of at least 4 members (excludes halogenated alkanes) is 2. The van der Waals surface area contributed by atoms with Crippen molar-refractivity contribution in [1.29, 1.82) is 0 Å². The monoisotopic (exact) mass is 470 g/mol.